The van der Waals surface area contributed by atoms with Crippen LogP contribution in [0.1, 0.15) is 70.4 Å². The maximum atomic E-state index is 10.4. The first-order valence-electron chi connectivity index (χ1n) is 15.9. The Labute approximate surface area is 271 Å². The van der Waals surface area contributed by atoms with Gasteiger partial charge < -0.3 is 43.1 Å². The van der Waals surface area contributed by atoms with Crippen molar-refractivity contribution < 1.29 is 43.1 Å². The molecule has 45 heavy (non-hydrogen) atoms. The van der Waals surface area contributed by atoms with E-state index in [4.69, 9.17) is 38.3 Å². The van der Waals surface area contributed by atoms with E-state index in [-0.39, 0.29) is 12.5 Å². The molecule has 0 fully saturated rings. The Morgan fingerprint density at radius 1 is 0.689 bits per heavy atom. The Morgan fingerprint density at radius 3 is 1.58 bits per heavy atom. The van der Waals surface area contributed by atoms with Crippen LogP contribution in [-0.4, -0.2) is 91.7 Å². The Hall–Kier alpha value is -2.95. The minimum atomic E-state index is -0.0316. The van der Waals surface area contributed by atoms with Gasteiger partial charge in [-0.15, -0.1) is 0 Å². The van der Waals surface area contributed by atoms with Crippen LogP contribution in [0, 0.1) is 0 Å². The average molecular weight is 635 g/mol. The van der Waals surface area contributed by atoms with Gasteiger partial charge in [-0.1, -0.05) is 57.9 Å². The van der Waals surface area contributed by atoms with Crippen LogP contribution >= 0.6 is 0 Å². The summed E-state index contributed by atoms with van der Waals surface area (Å²) in [5.41, 5.74) is 3.21. The lowest BCUT2D eigenvalue weighted by Crippen LogP contribution is -2.08. The summed E-state index contributed by atoms with van der Waals surface area (Å²) in [7, 11) is 3.29. The maximum absolute atomic E-state index is 10.4. The summed E-state index contributed by atoms with van der Waals surface area (Å²) >= 11 is 0. The molecule has 9 nitrogen and oxygen atoms in total. The SMILES string of the molecule is CCCCOCCOCCO.CCCCOCCOCCOC=C(C)c1ccc(OC)cc1.COc1ccc(C(C)C=O)cc1. The minimum Gasteiger partial charge on any atom is -0.498 e. The number of aliphatic hydroxyl groups excluding tert-OH is 1. The molecule has 0 aliphatic carbocycles. The van der Waals surface area contributed by atoms with Crippen molar-refractivity contribution in [2.24, 2.45) is 0 Å². The van der Waals surface area contributed by atoms with Gasteiger partial charge in [0.1, 0.15) is 24.4 Å². The fraction of sp³-hybridized carbons (Fsp3) is 0.583. The van der Waals surface area contributed by atoms with Gasteiger partial charge >= 0.3 is 0 Å². The molecule has 2 aromatic rings. The molecule has 1 unspecified atom stereocenters. The van der Waals surface area contributed by atoms with Gasteiger partial charge in [-0.2, -0.15) is 0 Å². The number of aldehydes is 1. The molecule has 0 aliphatic heterocycles. The predicted octanol–water partition coefficient (Wildman–Crippen LogP) is 6.72. The van der Waals surface area contributed by atoms with Crippen LogP contribution < -0.4 is 9.47 Å². The first-order valence-corrected chi connectivity index (χ1v) is 15.9. The molecular weight excluding hydrogens is 576 g/mol. The van der Waals surface area contributed by atoms with E-state index in [9.17, 15) is 4.79 Å². The summed E-state index contributed by atoms with van der Waals surface area (Å²) in [5, 5.41) is 8.34. The molecule has 2 aromatic carbocycles. The van der Waals surface area contributed by atoms with Crippen LogP contribution in [0.3, 0.4) is 0 Å². The number of rotatable bonds is 23. The van der Waals surface area contributed by atoms with E-state index in [1.165, 1.54) is 0 Å². The van der Waals surface area contributed by atoms with E-state index in [1.807, 2.05) is 62.4 Å². The van der Waals surface area contributed by atoms with E-state index < -0.39 is 0 Å². The molecule has 0 aliphatic rings. The van der Waals surface area contributed by atoms with Gasteiger partial charge in [0.05, 0.1) is 66.7 Å². The van der Waals surface area contributed by atoms with Crippen molar-refractivity contribution in [2.45, 2.75) is 59.3 Å². The third-order valence-electron chi connectivity index (χ3n) is 6.26. The van der Waals surface area contributed by atoms with Gasteiger partial charge in [0.2, 0.25) is 0 Å². The molecule has 1 N–H and O–H groups in total. The number of unbranched alkanes of at least 4 members (excludes halogenated alkanes) is 2. The van der Waals surface area contributed by atoms with Gasteiger partial charge in [0.15, 0.2) is 0 Å². The quantitative estimate of drug-likeness (QED) is 0.0811. The number of hydrogen-bond acceptors (Lipinski definition) is 9. The van der Waals surface area contributed by atoms with Gasteiger partial charge in [0.25, 0.3) is 0 Å². The van der Waals surface area contributed by atoms with Gasteiger partial charge in [-0.05, 0) is 60.7 Å². The molecule has 0 spiro atoms. The molecule has 0 radical (unpaired) electrons. The number of allylic oxidation sites excluding steroid dienone is 1. The van der Waals surface area contributed by atoms with Crippen molar-refractivity contribution in [3.05, 3.63) is 65.9 Å². The standard InChI is InChI=1S/C18H28O4.C10H12O2.C8H18O3/c1-4-5-10-20-11-12-21-13-14-22-15-16(2)17-6-8-18(19-3)9-7-17;1-8(7-11)9-3-5-10(12-2)6-4-9;1-2-3-5-10-7-8-11-6-4-9/h6-9,15H,4-5,10-14H2,1-3H3;3-8H,1-2H3;9H,2-8H2,1H3. The van der Waals surface area contributed by atoms with Crippen molar-refractivity contribution in [3.8, 4) is 11.5 Å². The monoisotopic (exact) mass is 634 g/mol. The van der Waals surface area contributed by atoms with Crippen LogP contribution in [0.25, 0.3) is 5.57 Å². The number of carbonyl (C=O) groups excluding carboxylic acids is 1. The Morgan fingerprint density at radius 2 is 1.13 bits per heavy atom. The fourth-order valence-corrected chi connectivity index (χ4v) is 3.40. The number of ether oxygens (including phenoxy) is 7. The molecular formula is C36H58O9. The van der Waals surface area contributed by atoms with E-state index in [1.54, 1.807) is 20.5 Å². The van der Waals surface area contributed by atoms with E-state index in [2.05, 4.69) is 13.8 Å². The molecule has 2 rings (SSSR count). The molecule has 256 valence electrons. The van der Waals surface area contributed by atoms with Crippen molar-refractivity contribution >= 4 is 11.9 Å². The lowest BCUT2D eigenvalue weighted by Gasteiger charge is -2.07. The smallest absolute Gasteiger partial charge is 0.127 e. The summed E-state index contributed by atoms with van der Waals surface area (Å²) in [6.07, 6.45) is 7.25. The Kier molecular flexibility index (Phi) is 29.0. The summed E-state index contributed by atoms with van der Waals surface area (Å²) < 4.78 is 36.7. The summed E-state index contributed by atoms with van der Waals surface area (Å²) in [6, 6.07) is 15.4. The third-order valence-corrected chi connectivity index (χ3v) is 6.26. The molecule has 0 saturated heterocycles. The lowest BCUT2D eigenvalue weighted by atomic mass is 10.0. The largest absolute Gasteiger partial charge is 0.498 e. The first-order chi connectivity index (χ1) is 22.0. The minimum absolute atomic E-state index is 0.0316. The fourth-order valence-electron chi connectivity index (χ4n) is 3.40. The maximum Gasteiger partial charge on any atom is 0.127 e. The molecule has 0 amide bonds. The zero-order valence-electron chi connectivity index (χ0n) is 28.5. The van der Waals surface area contributed by atoms with E-state index >= 15 is 0 Å². The zero-order chi connectivity index (χ0) is 33.4. The number of carbonyl (C=O) groups is 1. The Bertz CT molecular complexity index is 938. The topological polar surface area (TPSA) is 102 Å². The number of benzene rings is 2. The van der Waals surface area contributed by atoms with E-state index in [0.717, 1.165) is 73.4 Å². The summed E-state index contributed by atoms with van der Waals surface area (Å²) in [5.74, 6) is 1.64. The normalized spacial score (nSPS) is 11.4. The number of aliphatic hydroxyl groups is 1. The number of methoxy groups -OCH3 is 2. The summed E-state index contributed by atoms with van der Waals surface area (Å²) in [4.78, 5) is 10.4. The average Bonchev–Trinajstić information content (AvgIpc) is 3.09. The highest BCUT2D eigenvalue weighted by molar-refractivity contribution is 5.63. The predicted molar refractivity (Wildman–Crippen MR) is 180 cm³/mol. The molecule has 0 aromatic heterocycles. The summed E-state index contributed by atoms with van der Waals surface area (Å²) in [6.45, 7) is 13.9. The van der Waals surface area contributed by atoms with Crippen molar-refractivity contribution in [3.63, 3.8) is 0 Å². The van der Waals surface area contributed by atoms with Gasteiger partial charge in [0, 0.05) is 19.1 Å². The molecule has 0 saturated carbocycles. The molecule has 1 atom stereocenters. The first kappa shape index (κ1) is 42.0. The van der Waals surface area contributed by atoms with E-state index in [0.29, 0.717) is 46.2 Å². The van der Waals surface area contributed by atoms with Crippen LogP contribution in [0.2, 0.25) is 0 Å². The van der Waals surface area contributed by atoms with Crippen LogP contribution in [0.15, 0.2) is 54.8 Å². The Balaban J connectivity index is 0.000000710. The lowest BCUT2D eigenvalue weighted by molar-refractivity contribution is -0.108. The second-order valence-corrected chi connectivity index (χ2v) is 9.98. The van der Waals surface area contributed by atoms with Gasteiger partial charge in [-0.3, -0.25) is 0 Å². The second-order valence-electron chi connectivity index (χ2n) is 9.98. The van der Waals surface area contributed by atoms with Crippen molar-refractivity contribution in [1.29, 1.82) is 0 Å². The van der Waals surface area contributed by atoms with Crippen LogP contribution in [0.4, 0.5) is 0 Å². The second kappa shape index (κ2) is 31.0. The van der Waals surface area contributed by atoms with Crippen molar-refractivity contribution in [1.82, 2.24) is 0 Å². The zero-order valence-corrected chi connectivity index (χ0v) is 28.5. The van der Waals surface area contributed by atoms with Crippen molar-refractivity contribution in [2.75, 3.05) is 80.3 Å². The molecule has 9 heteroatoms. The highest BCUT2D eigenvalue weighted by atomic mass is 16.5. The molecule has 0 bridgehead atoms. The van der Waals surface area contributed by atoms with Crippen LogP contribution in [0.5, 0.6) is 11.5 Å². The highest BCUT2D eigenvalue weighted by Crippen LogP contribution is 2.18. The van der Waals surface area contributed by atoms with Gasteiger partial charge in [-0.25, -0.2) is 0 Å². The third kappa shape index (κ3) is 24.0. The molecule has 0 heterocycles. The number of hydrogen-bond donors (Lipinski definition) is 1. The highest BCUT2D eigenvalue weighted by Gasteiger charge is 2.02. The van der Waals surface area contributed by atoms with Crippen LogP contribution in [-0.2, 0) is 28.5 Å².